The zero-order valence-electron chi connectivity index (χ0n) is 22.3. The molecule has 4 aromatic rings. The average molecular weight is 623 g/mol. The Kier molecular flexibility index (Phi) is 9.05. The van der Waals surface area contributed by atoms with Crippen LogP contribution in [0.15, 0.2) is 70.8 Å². The third-order valence-corrected chi connectivity index (χ3v) is 9.88. The summed E-state index contributed by atoms with van der Waals surface area (Å²) in [6, 6.07) is 16.2. The molecule has 42 heavy (non-hydrogen) atoms. The van der Waals surface area contributed by atoms with Crippen molar-refractivity contribution in [2.24, 2.45) is 0 Å². The van der Waals surface area contributed by atoms with Gasteiger partial charge in [0.2, 0.25) is 0 Å². The lowest BCUT2D eigenvalue weighted by molar-refractivity contribution is 0.0534. The van der Waals surface area contributed by atoms with Gasteiger partial charge in [0.25, 0.3) is 11.8 Å². The van der Waals surface area contributed by atoms with Crippen molar-refractivity contribution < 1.29 is 31.4 Å². The van der Waals surface area contributed by atoms with Crippen molar-refractivity contribution in [3.05, 3.63) is 116 Å². The van der Waals surface area contributed by atoms with Crippen LogP contribution in [0.4, 0.5) is 0 Å². The molecular formula is C30H26N2O7S3. The lowest BCUT2D eigenvalue weighted by Crippen LogP contribution is -2.19. The Balaban J connectivity index is 0.000000115. The number of nitrogens with zero attached hydrogens (tertiary/aromatic N) is 1. The topological polar surface area (TPSA) is 133 Å². The number of carbonyl (C=O) groups is 3. The van der Waals surface area contributed by atoms with Crippen molar-refractivity contribution in [3.63, 3.8) is 0 Å². The maximum Gasteiger partial charge on any atom is 0.338 e. The molecule has 5 heterocycles. The van der Waals surface area contributed by atoms with Gasteiger partial charge in [-0.1, -0.05) is 42.5 Å². The maximum atomic E-state index is 10.9. The van der Waals surface area contributed by atoms with E-state index in [0.717, 1.165) is 40.8 Å². The highest BCUT2D eigenvalue weighted by Crippen LogP contribution is 2.30. The molecule has 8 rings (SSSR count). The third-order valence-electron chi connectivity index (χ3n) is 6.92. The Morgan fingerprint density at radius 3 is 2.07 bits per heavy atom. The molecule has 2 aromatic carbocycles. The van der Waals surface area contributed by atoms with Crippen LogP contribution in [0.5, 0.6) is 0 Å². The van der Waals surface area contributed by atoms with Crippen molar-refractivity contribution in [1.29, 1.82) is 0 Å². The molecule has 2 amide bonds. The first-order valence-corrected chi connectivity index (χ1v) is 16.1. The van der Waals surface area contributed by atoms with Gasteiger partial charge in [-0.3, -0.25) is 19.9 Å². The van der Waals surface area contributed by atoms with Crippen LogP contribution in [0, 0.1) is 3.82 Å². The molecule has 0 bridgehead atoms. The molecule has 2 aromatic heterocycles. The summed E-state index contributed by atoms with van der Waals surface area (Å²) >= 11 is 6.52. The summed E-state index contributed by atoms with van der Waals surface area (Å²) in [6.07, 6.45) is 7.24. The number of aromatic nitrogens is 1. The number of cyclic esters (lactones) is 1. The Labute approximate surface area is 251 Å². The molecule has 0 radical (unpaired) electrons. The van der Waals surface area contributed by atoms with Gasteiger partial charge < -0.3 is 8.59 Å². The number of hydrogen-bond donors (Lipinski definition) is 1. The van der Waals surface area contributed by atoms with Crippen molar-refractivity contribution in [1.82, 2.24) is 10.3 Å². The standard InChI is InChI=1S/C10H7NOS2.C8H5NO2.C8H6O2.C4H8O2S/c13-10-8-3-7-5-11-2-1-6(7)4-9(8)12-14-10;10-7-5-3-1-2-4-6(5)8(11)9-7;9-8-7-4-2-1-3-6(7)5-10-8;5-7(6)3-1-2-4-7/h1-2,5H,3-4H2;1-4H,(H,9,10,11);1-4H,5H2;1-4H2. The van der Waals surface area contributed by atoms with Crippen molar-refractivity contribution in [2.75, 3.05) is 11.5 Å². The number of imide groups is 1. The molecule has 216 valence electrons. The smallest absolute Gasteiger partial charge is 0.338 e. The minimum Gasteiger partial charge on any atom is -0.457 e. The summed E-state index contributed by atoms with van der Waals surface area (Å²) in [5.41, 5.74) is 6.42. The van der Waals surface area contributed by atoms with Crippen LogP contribution >= 0.6 is 23.9 Å². The number of amides is 2. The molecule has 4 aliphatic rings. The molecule has 0 atom stereocenters. The molecule has 0 saturated carbocycles. The molecule has 0 spiro atoms. The van der Waals surface area contributed by atoms with E-state index in [0.29, 0.717) is 34.8 Å². The van der Waals surface area contributed by atoms with Crippen molar-refractivity contribution >= 4 is 51.5 Å². The Morgan fingerprint density at radius 2 is 1.45 bits per heavy atom. The zero-order valence-corrected chi connectivity index (χ0v) is 24.8. The normalized spacial score (nSPS) is 16.4. The van der Waals surface area contributed by atoms with E-state index in [1.807, 2.05) is 30.6 Å². The minimum atomic E-state index is -2.55. The molecule has 1 aliphatic carbocycles. The quantitative estimate of drug-likeness (QED) is 0.143. The summed E-state index contributed by atoms with van der Waals surface area (Å²) in [4.78, 5) is 36.9. The first-order chi connectivity index (χ1) is 20.2. The van der Waals surface area contributed by atoms with Crippen LogP contribution in [-0.2, 0) is 34.0 Å². The van der Waals surface area contributed by atoms with Gasteiger partial charge in [0, 0.05) is 36.4 Å². The number of pyridine rings is 1. The minimum absolute atomic E-state index is 0.199. The molecule has 1 fully saturated rings. The highest BCUT2D eigenvalue weighted by atomic mass is 32.2. The number of fused-ring (bicyclic) bond motifs is 4. The number of sulfone groups is 1. The Hall–Kier alpha value is -4.00. The maximum absolute atomic E-state index is 10.9. The first kappa shape index (κ1) is 29.5. The van der Waals surface area contributed by atoms with Crippen LogP contribution in [0.25, 0.3) is 0 Å². The Bertz CT molecular complexity index is 1780. The van der Waals surface area contributed by atoms with E-state index in [2.05, 4.69) is 16.4 Å². The van der Waals surface area contributed by atoms with Gasteiger partial charge in [-0.15, -0.1) is 0 Å². The number of nitrogens with one attached hydrogen (secondary N) is 1. The molecule has 12 heteroatoms. The highest BCUT2D eigenvalue weighted by Gasteiger charge is 2.25. The van der Waals surface area contributed by atoms with Gasteiger partial charge in [-0.2, -0.15) is 0 Å². The van der Waals surface area contributed by atoms with E-state index in [9.17, 15) is 22.8 Å². The zero-order chi connectivity index (χ0) is 29.7. The van der Waals surface area contributed by atoms with Gasteiger partial charge in [0.1, 0.15) is 26.0 Å². The van der Waals surface area contributed by atoms with Crippen molar-refractivity contribution in [2.45, 2.75) is 32.3 Å². The summed E-state index contributed by atoms with van der Waals surface area (Å²) < 4.78 is 32.0. The van der Waals surface area contributed by atoms with E-state index in [1.165, 1.54) is 28.3 Å². The van der Waals surface area contributed by atoms with Gasteiger partial charge in [0.15, 0.2) is 0 Å². The summed E-state index contributed by atoms with van der Waals surface area (Å²) in [6.45, 7) is 0.439. The van der Waals surface area contributed by atoms with Gasteiger partial charge >= 0.3 is 5.97 Å². The summed E-state index contributed by atoms with van der Waals surface area (Å²) in [7, 11) is -2.55. The largest absolute Gasteiger partial charge is 0.457 e. The molecule has 1 N–H and O–H groups in total. The fraction of sp³-hybridized carbons (Fsp3) is 0.233. The Morgan fingerprint density at radius 1 is 0.810 bits per heavy atom. The predicted molar refractivity (Wildman–Crippen MR) is 159 cm³/mol. The van der Waals surface area contributed by atoms with E-state index in [-0.39, 0.29) is 17.8 Å². The number of esters is 1. The number of rotatable bonds is 0. The number of carbonyl (C=O) groups excluding carboxylic acids is 3. The summed E-state index contributed by atoms with van der Waals surface area (Å²) in [5, 5.41) is 2.20. The molecule has 1 saturated heterocycles. The fourth-order valence-corrected chi connectivity index (χ4v) is 7.09. The first-order valence-electron chi connectivity index (χ1n) is 13.1. The van der Waals surface area contributed by atoms with Crippen LogP contribution in [0.1, 0.15) is 71.9 Å². The number of benzene rings is 2. The molecule has 3 aliphatic heterocycles. The van der Waals surface area contributed by atoms with Crippen LogP contribution in [0.3, 0.4) is 0 Å². The summed E-state index contributed by atoms with van der Waals surface area (Å²) in [5.74, 6) is 1.09. The highest BCUT2D eigenvalue weighted by molar-refractivity contribution is 7.91. The van der Waals surface area contributed by atoms with Gasteiger partial charge in [-0.05, 0) is 48.2 Å². The van der Waals surface area contributed by atoms with E-state index < -0.39 is 9.84 Å². The molecular weight excluding hydrogens is 597 g/mol. The molecule has 9 nitrogen and oxygen atoms in total. The second kappa shape index (κ2) is 12.9. The number of ether oxygens (including phenoxy) is 1. The van der Waals surface area contributed by atoms with E-state index in [4.69, 9.17) is 20.8 Å². The van der Waals surface area contributed by atoms with Crippen LogP contribution in [-0.4, -0.2) is 42.7 Å². The van der Waals surface area contributed by atoms with E-state index in [1.54, 1.807) is 30.3 Å². The SMILES string of the molecule is O=C1NC(=O)c2ccccc21.O=C1OCc2ccccc21.O=S1(=O)CCCC1.S=c1soc2c1Cc1cnccc1C2. The van der Waals surface area contributed by atoms with Gasteiger partial charge in [0.05, 0.1) is 39.8 Å². The lowest BCUT2D eigenvalue weighted by Gasteiger charge is -2.12. The van der Waals surface area contributed by atoms with E-state index >= 15 is 0 Å². The van der Waals surface area contributed by atoms with Crippen LogP contribution in [0.2, 0.25) is 0 Å². The van der Waals surface area contributed by atoms with Crippen LogP contribution < -0.4 is 5.32 Å². The molecule has 0 unspecified atom stereocenters. The van der Waals surface area contributed by atoms with Gasteiger partial charge in [-0.25, -0.2) is 13.2 Å². The monoisotopic (exact) mass is 622 g/mol. The average Bonchev–Trinajstić information content (AvgIpc) is 3.76. The fourth-order valence-electron chi connectivity index (χ4n) is 4.69. The predicted octanol–water partition coefficient (Wildman–Crippen LogP) is 5.08. The second-order valence-electron chi connectivity index (χ2n) is 9.77. The second-order valence-corrected chi connectivity index (χ2v) is 13.5. The third kappa shape index (κ3) is 6.89. The lowest BCUT2D eigenvalue weighted by atomic mass is 9.93. The van der Waals surface area contributed by atoms with Crippen molar-refractivity contribution in [3.8, 4) is 0 Å². The number of hydrogen-bond acceptors (Lipinski definition) is 10.